The summed E-state index contributed by atoms with van der Waals surface area (Å²) in [6, 6.07) is 17.7. The molecule has 0 unspecified atom stereocenters. The largest absolute Gasteiger partial charge is 0.378 e. The van der Waals surface area contributed by atoms with Gasteiger partial charge in [-0.2, -0.15) is 0 Å². The van der Waals surface area contributed by atoms with Gasteiger partial charge in [-0.1, -0.05) is 17.3 Å². The van der Waals surface area contributed by atoms with E-state index in [4.69, 9.17) is 9.26 Å². The number of anilines is 1. The van der Waals surface area contributed by atoms with E-state index in [1.54, 1.807) is 6.07 Å². The van der Waals surface area contributed by atoms with E-state index >= 15 is 0 Å². The van der Waals surface area contributed by atoms with Crippen LogP contribution in [0.5, 0.6) is 0 Å². The SMILES string of the molecule is CC(C)NC(=O)c1cccc(-c2cc(-c3ccc(N4CCOCC4)cc3)on2)c1. The predicted molar refractivity (Wildman–Crippen MR) is 113 cm³/mol. The van der Waals surface area contributed by atoms with Crippen molar-refractivity contribution in [1.82, 2.24) is 10.5 Å². The first kappa shape index (κ1) is 19.2. The number of aromatic nitrogens is 1. The summed E-state index contributed by atoms with van der Waals surface area (Å²) in [6.07, 6.45) is 0. The number of hydrogen-bond donors (Lipinski definition) is 1. The first-order valence-corrected chi connectivity index (χ1v) is 9.91. The van der Waals surface area contributed by atoms with Gasteiger partial charge < -0.3 is 19.5 Å². The normalized spacial score (nSPS) is 14.2. The van der Waals surface area contributed by atoms with Crippen LogP contribution in [0.25, 0.3) is 22.6 Å². The molecule has 1 saturated heterocycles. The smallest absolute Gasteiger partial charge is 0.251 e. The minimum Gasteiger partial charge on any atom is -0.378 e. The van der Waals surface area contributed by atoms with Gasteiger partial charge in [0.2, 0.25) is 0 Å². The maximum Gasteiger partial charge on any atom is 0.251 e. The lowest BCUT2D eigenvalue weighted by atomic mass is 10.1. The lowest BCUT2D eigenvalue weighted by Gasteiger charge is -2.28. The average Bonchev–Trinajstić information content (AvgIpc) is 3.24. The lowest BCUT2D eigenvalue weighted by molar-refractivity contribution is 0.0943. The van der Waals surface area contributed by atoms with Crippen LogP contribution in [0, 0.1) is 0 Å². The molecule has 0 saturated carbocycles. The topological polar surface area (TPSA) is 67.6 Å². The van der Waals surface area contributed by atoms with Gasteiger partial charge in [-0.15, -0.1) is 0 Å². The summed E-state index contributed by atoms with van der Waals surface area (Å²) < 4.78 is 11.0. The third kappa shape index (κ3) is 4.49. The number of morpholine rings is 1. The van der Waals surface area contributed by atoms with Crippen molar-refractivity contribution in [2.45, 2.75) is 19.9 Å². The fourth-order valence-electron chi connectivity index (χ4n) is 3.37. The van der Waals surface area contributed by atoms with Gasteiger partial charge in [0.1, 0.15) is 5.69 Å². The summed E-state index contributed by atoms with van der Waals surface area (Å²) >= 11 is 0. The number of amides is 1. The molecule has 29 heavy (non-hydrogen) atoms. The maximum absolute atomic E-state index is 12.3. The molecule has 6 heteroatoms. The third-order valence-corrected chi connectivity index (χ3v) is 4.88. The first-order valence-electron chi connectivity index (χ1n) is 9.91. The number of carbonyl (C=O) groups is 1. The Morgan fingerprint density at radius 3 is 2.52 bits per heavy atom. The van der Waals surface area contributed by atoms with Crippen molar-refractivity contribution in [2.24, 2.45) is 0 Å². The molecule has 0 aliphatic carbocycles. The van der Waals surface area contributed by atoms with Gasteiger partial charge in [0.25, 0.3) is 5.91 Å². The van der Waals surface area contributed by atoms with Gasteiger partial charge >= 0.3 is 0 Å². The van der Waals surface area contributed by atoms with E-state index in [1.807, 2.05) is 50.2 Å². The van der Waals surface area contributed by atoms with Crippen LogP contribution in [0.15, 0.2) is 59.1 Å². The third-order valence-electron chi connectivity index (χ3n) is 4.88. The van der Waals surface area contributed by atoms with Gasteiger partial charge in [-0.05, 0) is 50.2 Å². The highest BCUT2D eigenvalue weighted by Gasteiger charge is 2.14. The Hall–Kier alpha value is -3.12. The van der Waals surface area contributed by atoms with Crippen LogP contribution in [-0.2, 0) is 4.74 Å². The molecular formula is C23H25N3O3. The summed E-state index contributed by atoms with van der Waals surface area (Å²) in [7, 11) is 0. The molecule has 4 rings (SSSR count). The summed E-state index contributed by atoms with van der Waals surface area (Å²) in [6.45, 7) is 7.23. The van der Waals surface area contributed by atoms with Crippen LogP contribution in [0.1, 0.15) is 24.2 Å². The Labute approximate surface area is 170 Å². The molecular weight excluding hydrogens is 366 g/mol. The molecule has 0 radical (unpaired) electrons. The molecule has 150 valence electrons. The van der Waals surface area contributed by atoms with Crippen molar-refractivity contribution in [1.29, 1.82) is 0 Å². The minimum atomic E-state index is -0.0933. The molecule has 1 aromatic heterocycles. The first-order chi connectivity index (χ1) is 14.1. The number of nitrogens with zero attached hydrogens (tertiary/aromatic N) is 2. The van der Waals surface area contributed by atoms with E-state index in [2.05, 4.69) is 27.5 Å². The molecule has 2 aromatic carbocycles. The zero-order valence-electron chi connectivity index (χ0n) is 16.7. The summed E-state index contributed by atoms with van der Waals surface area (Å²) in [5.41, 5.74) is 4.31. The lowest BCUT2D eigenvalue weighted by Crippen LogP contribution is -2.36. The van der Waals surface area contributed by atoms with Gasteiger partial charge in [-0.3, -0.25) is 4.79 Å². The van der Waals surface area contributed by atoms with E-state index in [1.165, 1.54) is 5.69 Å². The van der Waals surface area contributed by atoms with Gasteiger partial charge in [0.15, 0.2) is 5.76 Å². The second-order valence-corrected chi connectivity index (χ2v) is 7.43. The van der Waals surface area contributed by atoms with Crippen LogP contribution in [0.4, 0.5) is 5.69 Å². The molecule has 1 aliphatic heterocycles. The average molecular weight is 391 g/mol. The van der Waals surface area contributed by atoms with Crippen LogP contribution < -0.4 is 10.2 Å². The molecule has 1 aliphatic rings. The van der Waals surface area contributed by atoms with E-state index < -0.39 is 0 Å². The summed E-state index contributed by atoms with van der Waals surface area (Å²) in [5, 5.41) is 7.11. The summed E-state index contributed by atoms with van der Waals surface area (Å²) in [4.78, 5) is 14.6. The van der Waals surface area contributed by atoms with Gasteiger partial charge in [-0.25, -0.2) is 0 Å². The molecule has 1 fully saturated rings. The van der Waals surface area contributed by atoms with Gasteiger partial charge in [0, 0.05) is 47.6 Å². The Kier molecular flexibility index (Phi) is 5.62. The minimum absolute atomic E-state index is 0.0882. The van der Waals surface area contributed by atoms with Crippen molar-refractivity contribution in [3.05, 3.63) is 60.2 Å². The molecule has 1 amide bonds. The zero-order valence-corrected chi connectivity index (χ0v) is 16.7. The van der Waals surface area contributed by atoms with Crippen molar-refractivity contribution < 1.29 is 14.1 Å². The fourth-order valence-corrected chi connectivity index (χ4v) is 3.37. The molecule has 6 nitrogen and oxygen atoms in total. The highest BCUT2D eigenvalue weighted by atomic mass is 16.5. The van der Waals surface area contributed by atoms with E-state index in [0.29, 0.717) is 17.0 Å². The Bertz CT molecular complexity index is 973. The van der Waals surface area contributed by atoms with Crippen molar-refractivity contribution in [3.8, 4) is 22.6 Å². The van der Waals surface area contributed by atoms with Crippen LogP contribution >= 0.6 is 0 Å². The number of benzene rings is 2. The highest BCUT2D eigenvalue weighted by molar-refractivity contribution is 5.95. The Morgan fingerprint density at radius 1 is 1.03 bits per heavy atom. The molecule has 1 N–H and O–H groups in total. The molecule has 2 heterocycles. The summed E-state index contributed by atoms with van der Waals surface area (Å²) in [5.74, 6) is 0.606. The highest BCUT2D eigenvalue weighted by Crippen LogP contribution is 2.28. The van der Waals surface area contributed by atoms with E-state index in [-0.39, 0.29) is 11.9 Å². The zero-order chi connectivity index (χ0) is 20.2. The van der Waals surface area contributed by atoms with E-state index in [0.717, 1.165) is 37.4 Å². The Morgan fingerprint density at radius 2 is 1.79 bits per heavy atom. The molecule has 0 spiro atoms. The number of ether oxygens (including phenoxy) is 1. The molecule has 0 bridgehead atoms. The van der Waals surface area contributed by atoms with Crippen molar-refractivity contribution >= 4 is 11.6 Å². The Balaban J connectivity index is 1.52. The van der Waals surface area contributed by atoms with Crippen LogP contribution in [0.3, 0.4) is 0 Å². The standard InChI is InChI=1S/C23H25N3O3/c1-16(2)24-23(27)19-5-3-4-18(14-19)21-15-22(29-25-21)17-6-8-20(9-7-17)26-10-12-28-13-11-26/h3-9,14-16H,10-13H2,1-2H3,(H,24,27). The molecule has 3 aromatic rings. The van der Waals surface area contributed by atoms with E-state index in [9.17, 15) is 4.79 Å². The predicted octanol–water partition coefficient (Wildman–Crippen LogP) is 3.98. The number of rotatable bonds is 5. The second-order valence-electron chi connectivity index (χ2n) is 7.43. The van der Waals surface area contributed by atoms with Crippen LogP contribution in [-0.4, -0.2) is 43.4 Å². The quantitative estimate of drug-likeness (QED) is 0.712. The maximum atomic E-state index is 12.3. The second kappa shape index (κ2) is 8.49. The van der Waals surface area contributed by atoms with Crippen molar-refractivity contribution in [2.75, 3.05) is 31.2 Å². The monoisotopic (exact) mass is 391 g/mol. The van der Waals surface area contributed by atoms with Crippen LogP contribution in [0.2, 0.25) is 0 Å². The fraction of sp³-hybridized carbons (Fsp3) is 0.304. The van der Waals surface area contributed by atoms with Crippen molar-refractivity contribution in [3.63, 3.8) is 0 Å². The number of hydrogen-bond acceptors (Lipinski definition) is 5. The number of nitrogens with one attached hydrogen (secondary N) is 1. The molecule has 0 atom stereocenters. The number of carbonyl (C=O) groups excluding carboxylic acids is 1. The van der Waals surface area contributed by atoms with Gasteiger partial charge in [0.05, 0.1) is 13.2 Å².